The summed E-state index contributed by atoms with van der Waals surface area (Å²) >= 11 is 0. The maximum Gasteiger partial charge on any atom is 0.0107 e. The molecule has 0 aromatic heterocycles. The summed E-state index contributed by atoms with van der Waals surface area (Å²) in [6, 6.07) is 11.6. The molecule has 0 spiro atoms. The number of benzene rings is 1. The number of nitrogens with zero attached hydrogens (tertiary/aromatic N) is 1. The minimum absolute atomic E-state index is 0.848. The van der Waals surface area contributed by atoms with Crippen LogP contribution in [0.25, 0.3) is 0 Å². The highest BCUT2D eigenvalue weighted by atomic mass is 15.1. The van der Waals surface area contributed by atoms with E-state index in [1.54, 1.807) is 0 Å². The predicted octanol–water partition coefficient (Wildman–Crippen LogP) is 2.69. The van der Waals surface area contributed by atoms with E-state index in [-0.39, 0.29) is 0 Å². The van der Waals surface area contributed by atoms with Crippen LogP contribution in [0.3, 0.4) is 0 Å². The van der Waals surface area contributed by atoms with Gasteiger partial charge in [-0.25, -0.2) is 0 Å². The second kappa shape index (κ2) is 7.55. The summed E-state index contributed by atoms with van der Waals surface area (Å²) in [4.78, 5) is 2.53. The zero-order chi connectivity index (χ0) is 12.6. The first-order chi connectivity index (χ1) is 8.86. The molecule has 18 heavy (non-hydrogen) atoms. The minimum atomic E-state index is 0.848. The molecule has 1 N–H and O–H groups in total. The number of rotatable bonds is 7. The second-order valence-electron chi connectivity index (χ2n) is 5.40. The Labute approximate surface area is 111 Å². The highest BCUT2D eigenvalue weighted by molar-refractivity contribution is 5.14. The quantitative estimate of drug-likeness (QED) is 0.744. The largest absolute Gasteiger partial charge is 0.315 e. The topological polar surface area (TPSA) is 15.3 Å². The molecule has 1 fully saturated rings. The Bertz CT molecular complexity index is 317. The van der Waals surface area contributed by atoms with Crippen molar-refractivity contribution in [3.8, 4) is 0 Å². The van der Waals surface area contributed by atoms with Crippen LogP contribution >= 0.6 is 0 Å². The molecule has 0 saturated heterocycles. The SMILES string of the molecule is CN(CCNCCc1ccccc1)C1CCCC1. The summed E-state index contributed by atoms with van der Waals surface area (Å²) in [5.74, 6) is 0. The van der Waals surface area contributed by atoms with E-state index in [1.165, 1.54) is 37.8 Å². The van der Waals surface area contributed by atoms with Crippen LogP contribution < -0.4 is 5.32 Å². The molecular weight excluding hydrogens is 220 g/mol. The minimum Gasteiger partial charge on any atom is -0.315 e. The van der Waals surface area contributed by atoms with Crippen molar-refractivity contribution >= 4 is 0 Å². The fourth-order valence-electron chi connectivity index (χ4n) is 2.79. The van der Waals surface area contributed by atoms with E-state index >= 15 is 0 Å². The van der Waals surface area contributed by atoms with Crippen molar-refractivity contribution in [1.29, 1.82) is 0 Å². The van der Waals surface area contributed by atoms with Crippen molar-refractivity contribution in [3.63, 3.8) is 0 Å². The molecule has 2 nitrogen and oxygen atoms in total. The third-order valence-electron chi connectivity index (χ3n) is 4.02. The van der Waals surface area contributed by atoms with Gasteiger partial charge >= 0.3 is 0 Å². The van der Waals surface area contributed by atoms with Crippen LogP contribution in [0.15, 0.2) is 30.3 Å². The van der Waals surface area contributed by atoms with Crippen LogP contribution in [0, 0.1) is 0 Å². The number of nitrogens with one attached hydrogen (secondary N) is 1. The van der Waals surface area contributed by atoms with Gasteiger partial charge in [-0.1, -0.05) is 43.2 Å². The van der Waals surface area contributed by atoms with Crippen molar-refractivity contribution in [2.45, 2.75) is 38.1 Å². The first-order valence-electron chi connectivity index (χ1n) is 7.31. The Morgan fingerprint density at radius 3 is 2.56 bits per heavy atom. The van der Waals surface area contributed by atoms with E-state index in [2.05, 4.69) is 47.6 Å². The molecule has 1 aliphatic rings. The van der Waals surface area contributed by atoms with Crippen molar-refractivity contribution in [3.05, 3.63) is 35.9 Å². The van der Waals surface area contributed by atoms with Gasteiger partial charge in [0.2, 0.25) is 0 Å². The van der Waals surface area contributed by atoms with E-state index in [1.807, 2.05) is 0 Å². The molecule has 100 valence electrons. The molecule has 1 aromatic rings. The lowest BCUT2D eigenvalue weighted by Gasteiger charge is -2.23. The van der Waals surface area contributed by atoms with Crippen molar-refractivity contribution in [2.75, 3.05) is 26.7 Å². The molecule has 0 heterocycles. The second-order valence-corrected chi connectivity index (χ2v) is 5.40. The van der Waals surface area contributed by atoms with E-state index < -0.39 is 0 Å². The summed E-state index contributed by atoms with van der Waals surface area (Å²) in [6.45, 7) is 3.38. The lowest BCUT2D eigenvalue weighted by Crippen LogP contribution is -2.35. The number of hydrogen-bond acceptors (Lipinski definition) is 2. The van der Waals surface area contributed by atoms with Gasteiger partial charge in [-0.2, -0.15) is 0 Å². The zero-order valence-corrected chi connectivity index (χ0v) is 11.6. The first-order valence-corrected chi connectivity index (χ1v) is 7.31. The maximum atomic E-state index is 3.55. The number of hydrogen-bond donors (Lipinski definition) is 1. The average Bonchev–Trinajstić information content (AvgIpc) is 2.93. The summed E-state index contributed by atoms with van der Waals surface area (Å²) in [6.07, 6.45) is 6.79. The third kappa shape index (κ3) is 4.43. The van der Waals surface area contributed by atoms with E-state index in [0.717, 1.165) is 25.6 Å². The first kappa shape index (κ1) is 13.6. The van der Waals surface area contributed by atoms with Crippen molar-refractivity contribution < 1.29 is 0 Å². The maximum absolute atomic E-state index is 3.55. The molecule has 2 heteroatoms. The Balaban J connectivity index is 1.53. The van der Waals surface area contributed by atoms with Crippen LogP contribution in [-0.2, 0) is 6.42 Å². The van der Waals surface area contributed by atoms with E-state index in [9.17, 15) is 0 Å². The van der Waals surface area contributed by atoms with Crippen molar-refractivity contribution in [1.82, 2.24) is 10.2 Å². The fraction of sp³-hybridized carbons (Fsp3) is 0.625. The van der Waals surface area contributed by atoms with Crippen LogP contribution in [0.5, 0.6) is 0 Å². The molecule has 0 amide bonds. The average molecular weight is 246 g/mol. The summed E-state index contributed by atoms with van der Waals surface area (Å²) in [5, 5.41) is 3.55. The summed E-state index contributed by atoms with van der Waals surface area (Å²) in [7, 11) is 2.27. The van der Waals surface area contributed by atoms with Crippen LogP contribution in [-0.4, -0.2) is 37.6 Å². The zero-order valence-electron chi connectivity index (χ0n) is 11.6. The molecule has 1 saturated carbocycles. The highest BCUT2D eigenvalue weighted by Crippen LogP contribution is 2.21. The Morgan fingerprint density at radius 2 is 1.83 bits per heavy atom. The fourth-order valence-corrected chi connectivity index (χ4v) is 2.79. The third-order valence-corrected chi connectivity index (χ3v) is 4.02. The normalized spacial score (nSPS) is 16.6. The molecule has 1 aliphatic carbocycles. The number of likely N-dealkylation sites (N-methyl/N-ethyl adjacent to an activating group) is 1. The van der Waals surface area contributed by atoms with Gasteiger partial charge in [0.1, 0.15) is 0 Å². The van der Waals surface area contributed by atoms with Gasteiger partial charge in [-0.05, 0) is 38.4 Å². The molecule has 1 aromatic carbocycles. The molecule has 2 rings (SSSR count). The van der Waals surface area contributed by atoms with Crippen molar-refractivity contribution in [2.24, 2.45) is 0 Å². The molecule has 0 bridgehead atoms. The van der Waals surface area contributed by atoms with Gasteiger partial charge in [-0.15, -0.1) is 0 Å². The summed E-state index contributed by atoms with van der Waals surface area (Å²) in [5.41, 5.74) is 1.43. The standard InChI is InChI=1S/C16H26N2/c1-18(16-9-5-6-10-16)14-13-17-12-11-15-7-3-2-4-8-15/h2-4,7-8,16-17H,5-6,9-14H2,1H3. The van der Waals surface area contributed by atoms with Gasteiger partial charge < -0.3 is 10.2 Å². The van der Waals surface area contributed by atoms with Crippen LogP contribution in [0.2, 0.25) is 0 Å². The van der Waals surface area contributed by atoms with Crippen LogP contribution in [0.4, 0.5) is 0 Å². The van der Waals surface area contributed by atoms with Crippen LogP contribution in [0.1, 0.15) is 31.2 Å². The van der Waals surface area contributed by atoms with Gasteiger partial charge in [0, 0.05) is 19.1 Å². The van der Waals surface area contributed by atoms with Gasteiger partial charge in [-0.3, -0.25) is 0 Å². The van der Waals surface area contributed by atoms with Gasteiger partial charge in [0.05, 0.1) is 0 Å². The van der Waals surface area contributed by atoms with Gasteiger partial charge in [0.15, 0.2) is 0 Å². The smallest absolute Gasteiger partial charge is 0.0107 e. The van der Waals surface area contributed by atoms with E-state index in [4.69, 9.17) is 0 Å². The highest BCUT2D eigenvalue weighted by Gasteiger charge is 2.18. The Hall–Kier alpha value is -0.860. The molecule has 0 aliphatic heterocycles. The van der Waals surface area contributed by atoms with Gasteiger partial charge in [0.25, 0.3) is 0 Å². The molecule has 0 unspecified atom stereocenters. The molecular formula is C16H26N2. The lowest BCUT2D eigenvalue weighted by atomic mass is 10.1. The Morgan fingerprint density at radius 1 is 1.11 bits per heavy atom. The lowest BCUT2D eigenvalue weighted by molar-refractivity contribution is 0.246. The molecule has 0 atom stereocenters. The predicted molar refractivity (Wildman–Crippen MR) is 77.9 cm³/mol. The summed E-state index contributed by atoms with van der Waals surface area (Å²) < 4.78 is 0. The van der Waals surface area contributed by atoms with E-state index in [0.29, 0.717) is 0 Å². The molecule has 0 radical (unpaired) electrons. The monoisotopic (exact) mass is 246 g/mol. The Kier molecular flexibility index (Phi) is 5.69.